The fourth-order valence-electron chi connectivity index (χ4n) is 3.69. The van der Waals surface area contributed by atoms with Crippen LogP contribution in [0.4, 0.5) is 4.79 Å². The molecule has 25 heavy (non-hydrogen) atoms. The van der Waals surface area contributed by atoms with Gasteiger partial charge in [-0.1, -0.05) is 26.0 Å². The van der Waals surface area contributed by atoms with Crippen LogP contribution in [0, 0.1) is 5.92 Å². The number of hydrogen-bond donors (Lipinski definition) is 1. The van der Waals surface area contributed by atoms with E-state index >= 15 is 0 Å². The Morgan fingerprint density at radius 3 is 2.40 bits per heavy atom. The molecule has 2 aliphatic rings. The summed E-state index contributed by atoms with van der Waals surface area (Å²) in [5, 5.41) is 2.82. The molecule has 1 aromatic rings. The zero-order valence-electron chi connectivity index (χ0n) is 15.1. The second kappa shape index (κ2) is 7.04. The Balaban J connectivity index is 1.88. The third-order valence-corrected chi connectivity index (χ3v) is 5.34. The van der Waals surface area contributed by atoms with E-state index in [1.165, 1.54) is 4.90 Å². The lowest BCUT2D eigenvalue weighted by atomic mass is 9.73. The number of methoxy groups -OCH3 is 1. The Morgan fingerprint density at radius 1 is 1.24 bits per heavy atom. The van der Waals surface area contributed by atoms with Gasteiger partial charge in [0.05, 0.1) is 7.11 Å². The van der Waals surface area contributed by atoms with Crippen LogP contribution in [-0.4, -0.2) is 49.7 Å². The van der Waals surface area contributed by atoms with Crippen molar-refractivity contribution in [2.45, 2.75) is 38.1 Å². The third-order valence-electron chi connectivity index (χ3n) is 5.34. The molecule has 6 heteroatoms. The summed E-state index contributed by atoms with van der Waals surface area (Å²) < 4.78 is 10.8. The standard InChI is InChI=1S/C19H26N2O4/c1-13(2)16-17(22)21(18(23)20-16)12-19(8-10-25-11-9-19)14-4-6-15(24-3)7-5-14/h4-7,13,16H,8-12H2,1-3H3,(H,20,23)/t16-/m0/s1. The van der Waals surface area contributed by atoms with Gasteiger partial charge in [-0.3, -0.25) is 9.69 Å². The van der Waals surface area contributed by atoms with Gasteiger partial charge in [-0.05, 0) is 36.5 Å². The molecule has 1 aromatic carbocycles. The number of urea groups is 1. The summed E-state index contributed by atoms with van der Waals surface area (Å²) in [6, 6.07) is 7.19. The van der Waals surface area contributed by atoms with Gasteiger partial charge in [0.15, 0.2) is 0 Å². The van der Waals surface area contributed by atoms with Crippen molar-refractivity contribution < 1.29 is 19.1 Å². The summed E-state index contributed by atoms with van der Waals surface area (Å²) in [5.74, 6) is 0.744. The number of ether oxygens (including phenoxy) is 2. The zero-order chi connectivity index (χ0) is 18.0. The van der Waals surface area contributed by atoms with E-state index in [0.717, 1.165) is 24.2 Å². The van der Waals surface area contributed by atoms with Crippen LogP contribution < -0.4 is 10.1 Å². The van der Waals surface area contributed by atoms with Crippen molar-refractivity contribution in [3.63, 3.8) is 0 Å². The number of carbonyl (C=O) groups excluding carboxylic acids is 2. The lowest BCUT2D eigenvalue weighted by Crippen LogP contribution is -2.47. The predicted molar refractivity (Wildman–Crippen MR) is 93.6 cm³/mol. The first-order chi connectivity index (χ1) is 12.0. The fraction of sp³-hybridized carbons (Fsp3) is 0.579. The van der Waals surface area contributed by atoms with Gasteiger partial charge in [-0.15, -0.1) is 0 Å². The molecule has 0 spiro atoms. The van der Waals surface area contributed by atoms with Crippen LogP contribution in [0.2, 0.25) is 0 Å². The van der Waals surface area contributed by atoms with Gasteiger partial charge in [0.25, 0.3) is 5.91 Å². The van der Waals surface area contributed by atoms with Crippen LogP contribution in [0.3, 0.4) is 0 Å². The van der Waals surface area contributed by atoms with E-state index in [-0.39, 0.29) is 23.3 Å². The number of imide groups is 1. The highest BCUT2D eigenvalue weighted by Gasteiger charge is 2.45. The van der Waals surface area contributed by atoms with Gasteiger partial charge >= 0.3 is 6.03 Å². The molecule has 0 aromatic heterocycles. The van der Waals surface area contributed by atoms with Crippen LogP contribution >= 0.6 is 0 Å². The van der Waals surface area contributed by atoms with Gasteiger partial charge in [0, 0.05) is 25.2 Å². The molecule has 6 nitrogen and oxygen atoms in total. The van der Waals surface area contributed by atoms with Crippen molar-refractivity contribution in [1.82, 2.24) is 10.2 Å². The number of amides is 3. The number of hydrogen-bond acceptors (Lipinski definition) is 4. The molecule has 136 valence electrons. The van der Waals surface area contributed by atoms with Gasteiger partial charge in [-0.2, -0.15) is 0 Å². The lowest BCUT2D eigenvalue weighted by Gasteiger charge is -2.39. The maximum atomic E-state index is 12.7. The van der Waals surface area contributed by atoms with Gasteiger partial charge in [0.2, 0.25) is 0 Å². The van der Waals surface area contributed by atoms with E-state index in [4.69, 9.17) is 9.47 Å². The summed E-state index contributed by atoms with van der Waals surface area (Å²) >= 11 is 0. The Morgan fingerprint density at radius 2 is 1.88 bits per heavy atom. The van der Waals surface area contributed by atoms with Crippen molar-refractivity contribution in [3.8, 4) is 5.75 Å². The smallest absolute Gasteiger partial charge is 0.324 e. The highest BCUT2D eigenvalue weighted by Crippen LogP contribution is 2.37. The molecule has 2 aliphatic heterocycles. The minimum atomic E-state index is -0.430. The van der Waals surface area contributed by atoms with Crippen LogP contribution in [0.5, 0.6) is 5.75 Å². The summed E-state index contributed by atoms with van der Waals surface area (Å²) in [6.07, 6.45) is 1.56. The first kappa shape index (κ1) is 17.7. The maximum absolute atomic E-state index is 12.7. The van der Waals surface area contributed by atoms with Crippen molar-refractivity contribution in [3.05, 3.63) is 29.8 Å². The Labute approximate surface area is 148 Å². The molecule has 0 radical (unpaired) electrons. The maximum Gasteiger partial charge on any atom is 0.324 e. The Kier molecular flexibility index (Phi) is 4.99. The first-order valence-electron chi connectivity index (χ1n) is 8.81. The molecular formula is C19H26N2O4. The predicted octanol–water partition coefficient (Wildman–Crippen LogP) is 2.32. The molecule has 3 amide bonds. The molecule has 0 unspecified atom stereocenters. The molecule has 2 heterocycles. The monoisotopic (exact) mass is 346 g/mol. The highest BCUT2D eigenvalue weighted by atomic mass is 16.5. The van der Waals surface area contributed by atoms with E-state index in [1.807, 2.05) is 38.1 Å². The van der Waals surface area contributed by atoms with E-state index in [1.54, 1.807) is 7.11 Å². The Hall–Kier alpha value is -2.08. The van der Waals surface area contributed by atoms with Crippen molar-refractivity contribution in [1.29, 1.82) is 0 Å². The zero-order valence-corrected chi connectivity index (χ0v) is 15.1. The van der Waals surface area contributed by atoms with Gasteiger partial charge in [0.1, 0.15) is 11.8 Å². The number of rotatable bonds is 5. The molecule has 2 fully saturated rings. The van der Waals surface area contributed by atoms with Gasteiger partial charge < -0.3 is 14.8 Å². The number of carbonyl (C=O) groups is 2. The lowest BCUT2D eigenvalue weighted by molar-refractivity contribution is -0.129. The summed E-state index contributed by atoms with van der Waals surface area (Å²) in [4.78, 5) is 26.5. The second-order valence-electron chi connectivity index (χ2n) is 7.22. The van der Waals surface area contributed by atoms with Crippen molar-refractivity contribution in [2.75, 3.05) is 26.9 Å². The SMILES string of the molecule is COc1ccc(C2(CN3C(=O)N[C@@H](C(C)C)C3=O)CCOCC2)cc1. The van der Waals surface area contributed by atoms with E-state index in [0.29, 0.717) is 19.8 Å². The van der Waals surface area contributed by atoms with Crippen LogP contribution in [0.1, 0.15) is 32.3 Å². The minimum absolute atomic E-state index is 0.0769. The number of nitrogens with zero attached hydrogens (tertiary/aromatic N) is 1. The van der Waals surface area contributed by atoms with Crippen molar-refractivity contribution in [2.24, 2.45) is 5.92 Å². The molecule has 2 saturated heterocycles. The minimum Gasteiger partial charge on any atom is -0.497 e. The van der Waals surface area contributed by atoms with Crippen LogP contribution in [0.15, 0.2) is 24.3 Å². The summed E-state index contributed by atoms with van der Waals surface area (Å²) in [7, 11) is 1.64. The molecule has 0 aliphatic carbocycles. The number of nitrogens with one attached hydrogen (secondary N) is 1. The van der Waals surface area contributed by atoms with E-state index in [9.17, 15) is 9.59 Å². The number of benzene rings is 1. The van der Waals surface area contributed by atoms with Crippen LogP contribution in [-0.2, 0) is 14.9 Å². The second-order valence-corrected chi connectivity index (χ2v) is 7.22. The largest absolute Gasteiger partial charge is 0.497 e. The molecule has 3 rings (SSSR count). The Bertz CT molecular complexity index is 635. The fourth-order valence-corrected chi connectivity index (χ4v) is 3.69. The van der Waals surface area contributed by atoms with Crippen molar-refractivity contribution >= 4 is 11.9 Å². The average molecular weight is 346 g/mol. The molecule has 0 saturated carbocycles. The first-order valence-corrected chi connectivity index (χ1v) is 8.81. The highest BCUT2D eigenvalue weighted by molar-refractivity contribution is 6.04. The topological polar surface area (TPSA) is 67.9 Å². The van der Waals surface area contributed by atoms with E-state index in [2.05, 4.69) is 5.32 Å². The van der Waals surface area contributed by atoms with Crippen LogP contribution in [0.25, 0.3) is 0 Å². The summed E-state index contributed by atoms with van der Waals surface area (Å²) in [6.45, 7) is 5.53. The third kappa shape index (κ3) is 3.35. The van der Waals surface area contributed by atoms with E-state index < -0.39 is 6.04 Å². The molecule has 0 bridgehead atoms. The van der Waals surface area contributed by atoms with Gasteiger partial charge in [-0.25, -0.2) is 4.79 Å². The molecule has 1 N–H and O–H groups in total. The molecular weight excluding hydrogens is 320 g/mol. The average Bonchev–Trinajstić information content (AvgIpc) is 2.91. The summed E-state index contributed by atoms with van der Waals surface area (Å²) in [5.41, 5.74) is 0.842. The quantitative estimate of drug-likeness (QED) is 0.831. The molecule has 1 atom stereocenters. The normalized spacial score (nSPS) is 23.0.